The summed E-state index contributed by atoms with van der Waals surface area (Å²) in [5.41, 5.74) is 1.09. The van der Waals surface area contributed by atoms with Crippen molar-refractivity contribution in [1.82, 2.24) is 4.98 Å². The molecule has 1 saturated heterocycles. The second kappa shape index (κ2) is 6.85. The van der Waals surface area contributed by atoms with Crippen molar-refractivity contribution in [2.24, 2.45) is 0 Å². The van der Waals surface area contributed by atoms with Crippen LogP contribution in [0.2, 0.25) is 5.02 Å². The van der Waals surface area contributed by atoms with Gasteiger partial charge in [0, 0.05) is 17.6 Å². The van der Waals surface area contributed by atoms with E-state index in [1.54, 1.807) is 25.1 Å². The maximum atomic E-state index is 12.7. The summed E-state index contributed by atoms with van der Waals surface area (Å²) in [6.45, 7) is 1.74. The van der Waals surface area contributed by atoms with E-state index in [4.69, 9.17) is 11.6 Å². The van der Waals surface area contributed by atoms with E-state index in [0.29, 0.717) is 16.3 Å². The maximum absolute atomic E-state index is 12.7. The molecule has 3 rings (SSSR count). The molecular weight excluding hydrogens is 364 g/mol. The first-order valence-electron chi connectivity index (χ1n) is 7.37. The first-order chi connectivity index (χ1) is 11.9. The van der Waals surface area contributed by atoms with E-state index in [-0.39, 0.29) is 22.9 Å². The number of thioether (sulfide) groups is 1. The zero-order valence-electron chi connectivity index (χ0n) is 13.1. The number of pyridine rings is 1. The summed E-state index contributed by atoms with van der Waals surface area (Å²) in [5, 5.41) is 9.18. The molecule has 1 aliphatic rings. The number of aromatic nitrogens is 1. The third kappa shape index (κ3) is 3.25. The lowest BCUT2D eigenvalue weighted by Gasteiger charge is -2.18. The van der Waals surface area contributed by atoms with E-state index in [2.05, 4.69) is 4.98 Å². The predicted octanol–water partition coefficient (Wildman–Crippen LogP) is 3.17. The Labute approximate surface area is 152 Å². The van der Waals surface area contributed by atoms with Crippen LogP contribution in [0.5, 0.6) is 0 Å². The average Bonchev–Trinajstić information content (AvgIpc) is 2.85. The van der Waals surface area contributed by atoms with Gasteiger partial charge in [0.1, 0.15) is 5.03 Å². The number of nitrogens with zero attached hydrogens (tertiary/aromatic N) is 2. The number of anilines is 1. The number of hydrogen-bond donors (Lipinski definition) is 1. The van der Waals surface area contributed by atoms with Crippen molar-refractivity contribution in [3.8, 4) is 0 Å². The van der Waals surface area contributed by atoms with Gasteiger partial charge in [-0.1, -0.05) is 29.4 Å². The molecule has 1 aliphatic heterocycles. The molecular formula is C17H13ClN2O4S. The molecule has 0 spiro atoms. The Morgan fingerprint density at radius 1 is 1.32 bits per heavy atom. The minimum Gasteiger partial charge on any atom is -0.478 e. The summed E-state index contributed by atoms with van der Waals surface area (Å²) < 4.78 is 0. The Morgan fingerprint density at radius 3 is 2.80 bits per heavy atom. The monoisotopic (exact) mass is 376 g/mol. The number of rotatable bonds is 4. The number of carbonyl (C=O) groups is 3. The summed E-state index contributed by atoms with van der Waals surface area (Å²) in [6.07, 6.45) is 1.43. The minimum absolute atomic E-state index is 0.00475. The number of carbonyl (C=O) groups excluding carboxylic acids is 2. The van der Waals surface area contributed by atoms with E-state index < -0.39 is 17.1 Å². The Kier molecular flexibility index (Phi) is 4.78. The summed E-state index contributed by atoms with van der Waals surface area (Å²) in [4.78, 5) is 41.5. The third-order valence-electron chi connectivity index (χ3n) is 3.84. The van der Waals surface area contributed by atoms with Gasteiger partial charge >= 0.3 is 5.97 Å². The molecule has 8 heteroatoms. The molecule has 1 aromatic heterocycles. The Hall–Kier alpha value is -2.38. The normalized spacial score (nSPS) is 17.2. The van der Waals surface area contributed by atoms with Crippen LogP contribution in [0.15, 0.2) is 41.6 Å². The molecule has 1 fully saturated rings. The van der Waals surface area contributed by atoms with Crippen LogP contribution < -0.4 is 4.90 Å². The largest absolute Gasteiger partial charge is 0.478 e. The van der Waals surface area contributed by atoms with Gasteiger partial charge in [0.25, 0.3) is 0 Å². The van der Waals surface area contributed by atoms with Crippen molar-refractivity contribution in [3.63, 3.8) is 0 Å². The standard InChI is InChI=1S/C17H13ClN2O4S/c1-9-11(18)5-2-6-12(9)20-14(21)8-13(16(20)22)25-15-10(17(23)24)4-3-7-19-15/h2-7,13H,8H2,1H3,(H,23,24). The van der Waals surface area contributed by atoms with Gasteiger partial charge in [-0.3, -0.25) is 9.59 Å². The smallest absolute Gasteiger partial charge is 0.338 e. The number of hydrogen-bond acceptors (Lipinski definition) is 5. The van der Waals surface area contributed by atoms with Crippen LogP contribution in [0.1, 0.15) is 22.3 Å². The Balaban J connectivity index is 1.90. The van der Waals surface area contributed by atoms with Gasteiger partial charge in [-0.15, -0.1) is 0 Å². The topological polar surface area (TPSA) is 87.6 Å². The van der Waals surface area contributed by atoms with Crippen molar-refractivity contribution in [1.29, 1.82) is 0 Å². The van der Waals surface area contributed by atoms with Crippen molar-refractivity contribution < 1.29 is 19.5 Å². The molecule has 1 N–H and O–H groups in total. The fraction of sp³-hybridized carbons (Fsp3) is 0.176. The number of carboxylic acid groups (broad SMARTS) is 1. The van der Waals surface area contributed by atoms with Crippen LogP contribution in [0.4, 0.5) is 5.69 Å². The zero-order chi connectivity index (χ0) is 18.1. The Bertz CT molecular complexity index is 887. The first-order valence-corrected chi connectivity index (χ1v) is 8.62. The lowest BCUT2D eigenvalue weighted by Crippen LogP contribution is -2.31. The van der Waals surface area contributed by atoms with Gasteiger partial charge < -0.3 is 5.11 Å². The first kappa shape index (κ1) is 17.4. The summed E-state index contributed by atoms with van der Waals surface area (Å²) in [7, 11) is 0. The molecule has 1 atom stereocenters. The fourth-order valence-electron chi connectivity index (χ4n) is 2.57. The molecule has 0 radical (unpaired) electrons. The van der Waals surface area contributed by atoms with Crippen LogP contribution in [-0.4, -0.2) is 33.1 Å². The molecule has 2 aromatic rings. The fourth-order valence-corrected chi connectivity index (χ4v) is 3.85. The molecule has 25 heavy (non-hydrogen) atoms. The summed E-state index contributed by atoms with van der Waals surface area (Å²) in [5.74, 6) is -1.88. The average molecular weight is 377 g/mol. The molecule has 128 valence electrons. The molecule has 1 aromatic carbocycles. The van der Waals surface area contributed by atoms with E-state index in [0.717, 1.165) is 16.7 Å². The van der Waals surface area contributed by atoms with Crippen LogP contribution in [-0.2, 0) is 9.59 Å². The van der Waals surface area contributed by atoms with E-state index >= 15 is 0 Å². The van der Waals surface area contributed by atoms with Gasteiger partial charge in [-0.2, -0.15) is 0 Å². The molecule has 2 amide bonds. The molecule has 0 saturated carbocycles. The zero-order valence-corrected chi connectivity index (χ0v) is 14.7. The second-order valence-corrected chi connectivity index (χ2v) is 7.02. The number of amides is 2. The molecule has 0 bridgehead atoms. The van der Waals surface area contributed by atoms with Gasteiger partial charge in [0.15, 0.2) is 0 Å². The molecule has 6 nitrogen and oxygen atoms in total. The summed E-state index contributed by atoms with van der Waals surface area (Å²) >= 11 is 7.07. The third-order valence-corrected chi connectivity index (χ3v) is 5.45. The molecule has 0 aliphatic carbocycles. The van der Waals surface area contributed by atoms with Crippen molar-refractivity contribution in [2.75, 3.05) is 4.90 Å². The number of aromatic carboxylic acids is 1. The highest BCUT2D eigenvalue weighted by molar-refractivity contribution is 8.00. The van der Waals surface area contributed by atoms with Crippen molar-refractivity contribution >= 4 is 46.8 Å². The molecule has 1 unspecified atom stereocenters. The summed E-state index contributed by atoms with van der Waals surface area (Å²) in [6, 6.07) is 7.94. The van der Waals surface area contributed by atoms with Crippen LogP contribution in [0, 0.1) is 6.92 Å². The highest BCUT2D eigenvalue weighted by Gasteiger charge is 2.41. The SMILES string of the molecule is Cc1c(Cl)cccc1N1C(=O)CC(Sc2ncccc2C(=O)O)C1=O. The van der Waals surface area contributed by atoms with Gasteiger partial charge in [0.2, 0.25) is 11.8 Å². The number of imide groups is 1. The maximum Gasteiger partial charge on any atom is 0.338 e. The van der Waals surface area contributed by atoms with Crippen LogP contribution >= 0.6 is 23.4 Å². The highest BCUT2D eigenvalue weighted by Crippen LogP contribution is 2.36. The Morgan fingerprint density at radius 2 is 2.08 bits per heavy atom. The minimum atomic E-state index is -1.13. The van der Waals surface area contributed by atoms with Gasteiger partial charge in [0.05, 0.1) is 16.5 Å². The van der Waals surface area contributed by atoms with Gasteiger partial charge in [-0.25, -0.2) is 14.7 Å². The number of halogens is 1. The van der Waals surface area contributed by atoms with E-state index in [1.807, 2.05) is 0 Å². The number of carboxylic acids is 1. The lowest BCUT2D eigenvalue weighted by atomic mass is 10.2. The number of benzene rings is 1. The van der Waals surface area contributed by atoms with E-state index in [9.17, 15) is 19.5 Å². The molecule has 2 heterocycles. The quantitative estimate of drug-likeness (QED) is 0.824. The van der Waals surface area contributed by atoms with E-state index in [1.165, 1.54) is 18.3 Å². The van der Waals surface area contributed by atoms with Crippen molar-refractivity contribution in [2.45, 2.75) is 23.6 Å². The van der Waals surface area contributed by atoms with Crippen molar-refractivity contribution in [3.05, 3.63) is 52.7 Å². The van der Waals surface area contributed by atoms with Crippen LogP contribution in [0.25, 0.3) is 0 Å². The van der Waals surface area contributed by atoms with Gasteiger partial charge in [-0.05, 0) is 36.8 Å². The lowest BCUT2D eigenvalue weighted by molar-refractivity contribution is -0.121. The second-order valence-electron chi connectivity index (χ2n) is 5.42. The predicted molar refractivity (Wildman–Crippen MR) is 94.1 cm³/mol. The van der Waals surface area contributed by atoms with Crippen LogP contribution in [0.3, 0.4) is 0 Å². The highest BCUT2D eigenvalue weighted by atomic mass is 35.5.